The summed E-state index contributed by atoms with van der Waals surface area (Å²) in [5.74, 6) is -1.52. The van der Waals surface area contributed by atoms with Crippen LogP contribution in [0.2, 0.25) is 0 Å². The Morgan fingerprint density at radius 3 is 2.50 bits per heavy atom. The van der Waals surface area contributed by atoms with E-state index in [1.54, 1.807) is 0 Å². The van der Waals surface area contributed by atoms with Crippen LogP contribution in [0, 0.1) is 0 Å². The Balaban J connectivity index is 2.76. The predicted molar refractivity (Wildman–Crippen MR) is 60.7 cm³/mol. The molecule has 0 aliphatic carbocycles. The summed E-state index contributed by atoms with van der Waals surface area (Å²) in [7, 11) is 0. The molecule has 0 fully saturated rings. The molecule has 1 aromatic carbocycles. The van der Waals surface area contributed by atoms with Crippen LogP contribution in [-0.4, -0.2) is 40.1 Å². The molecule has 0 aromatic heterocycles. The van der Waals surface area contributed by atoms with E-state index in [2.05, 4.69) is 0 Å². The number of aliphatic hydroxyl groups is 2. The average molecular weight is 294 g/mol. The molecule has 0 heterocycles. The number of carbonyl (C=O) groups is 1. The third kappa shape index (κ3) is 4.48. The van der Waals surface area contributed by atoms with Crippen LogP contribution >= 0.6 is 0 Å². The molecule has 0 saturated carbocycles. The van der Waals surface area contributed by atoms with E-state index in [4.69, 9.17) is 14.9 Å². The van der Waals surface area contributed by atoms with Crippen molar-refractivity contribution in [2.75, 3.05) is 6.61 Å². The molecule has 1 aromatic rings. The largest absolute Gasteiger partial charge is 0.479 e. The Hall–Kier alpha value is -1.64. The highest BCUT2D eigenvalue weighted by Gasteiger charge is 2.31. The van der Waals surface area contributed by atoms with Crippen LogP contribution in [0.5, 0.6) is 0 Å². The van der Waals surface area contributed by atoms with Gasteiger partial charge in [0.15, 0.2) is 6.10 Å². The third-order valence-electron chi connectivity index (χ3n) is 2.46. The lowest BCUT2D eigenvalue weighted by molar-refractivity contribution is -0.162. The standard InChI is InChI=1S/C12H13F3O5/c13-12(14,15)8-3-1-2-7(4-8)6-20-10(11(18)19)9(17)5-16/h1-4,9-10,16-17H,5-6H2,(H,18,19). The lowest BCUT2D eigenvalue weighted by atomic mass is 10.1. The van der Waals surface area contributed by atoms with Crippen LogP contribution in [0.3, 0.4) is 0 Å². The summed E-state index contributed by atoms with van der Waals surface area (Å²) in [6, 6.07) is 4.20. The number of ether oxygens (including phenoxy) is 1. The smallest absolute Gasteiger partial charge is 0.416 e. The summed E-state index contributed by atoms with van der Waals surface area (Å²) >= 11 is 0. The van der Waals surface area contributed by atoms with Crippen LogP contribution in [0.15, 0.2) is 24.3 Å². The molecular weight excluding hydrogens is 281 g/mol. The van der Waals surface area contributed by atoms with Gasteiger partial charge in [-0.15, -0.1) is 0 Å². The zero-order chi connectivity index (χ0) is 15.3. The quantitative estimate of drug-likeness (QED) is 0.729. The molecule has 0 bridgehead atoms. The zero-order valence-corrected chi connectivity index (χ0v) is 10.2. The molecule has 1 rings (SSSR count). The van der Waals surface area contributed by atoms with Crippen molar-refractivity contribution in [3.05, 3.63) is 35.4 Å². The van der Waals surface area contributed by atoms with Crippen molar-refractivity contribution < 1.29 is 38.0 Å². The Morgan fingerprint density at radius 2 is 2.00 bits per heavy atom. The van der Waals surface area contributed by atoms with Gasteiger partial charge in [-0.3, -0.25) is 0 Å². The van der Waals surface area contributed by atoms with Gasteiger partial charge < -0.3 is 20.1 Å². The van der Waals surface area contributed by atoms with Gasteiger partial charge in [0.2, 0.25) is 0 Å². The van der Waals surface area contributed by atoms with Gasteiger partial charge in [0.05, 0.1) is 18.8 Å². The first-order chi connectivity index (χ1) is 9.25. The molecule has 2 atom stereocenters. The average Bonchev–Trinajstić information content (AvgIpc) is 2.37. The lowest BCUT2D eigenvalue weighted by Crippen LogP contribution is -2.38. The Kier molecular flexibility index (Phi) is 5.49. The minimum atomic E-state index is -4.51. The van der Waals surface area contributed by atoms with E-state index in [0.717, 1.165) is 12.1 Å². The second kappa shape index (κ2) is 6.69. The van der Waals surface area contributed by atoms with Gasteiger partial charge in [-0.2, -0.15) is 13.2 Å². The maximum atomic E-state index is 12.5. The van der Waals surface area contributed by atoms with Crippen molar-refractivity contribution in [2.45, 2.75) is 25.0 Å². The van der Waals surface area contributed by atoms with E-state index < -0.39 is 43.1 Å². The van der Waals surface area contributed by atoms with Crippen molar-refractivity contribution in [1.82, 2.24) is 0 Å². The molecule has 20 heavy (non-hydrogen) atoms. The molecule has 0 aliphatic rings. The van der Waals surface area contributed by atoms with E-state index in [0.29, 0.717) is 0 Å². The van der Waals surface area contributed by atoms with Crippen molar-refractivity contribution in [3.8, 4) is 0 Å². The fraction of sp³-hybridized carbons (Fsp3) is 0.417. The number of hydrogen-bond donors (Lipinski definition) is 3. The minimum absolute atomic E-state index is 0.108. The van der Waals surface area contributed by atoms with Gasteiger partial charge in [0.25, 0.3) is 0 Å². The summed E-state index contributed by atoms with van der Waals surface area (Å²) < 4.78 is 42.2. The summed E-state index contributed by atoms with van der Waals surface area (Å²) in [5, 5.41) is 26.6. The SMILES string of the molecule is O=C(O)C(OCc1cccc(C(F)(F)F)c1)C(O)CO. The number of aliphatic carboxylic acids is 1. The topological polar surface area (TPSA) is 87.0 Å². The number of aliphatic hydroxyl groups excluding tert-OH is 2. The number of hydrogen-bond acceptors (Lipinski definition) is 4. The van der Waals surface area contributed by atoms with Crippen molar-refractivity contribution in [2.24, 2.45) is 0 Å². The summed E-state index contributed by atoms with van der Waals surface area (Å²) in [4.78, 5) is 10.8. The lowest BCUT2D eigenvalue weighted by Gasteiger charge is -2.18. The molecule has 5 nitrogen and oxygen atoms in total. The summed E-state index contributed by atoms with van der Waals surface area (Å²) in [6.07, 6.45) is -7.87. The maximum absolute atomic E-state index is 12.5. The molecule has 0 aliphatic heterocycles. The Labute approximate surface area is 112 Å². The highest BCUT2D eigenvalue weighted by molar-refractivity contribution is 5.73. The van der Waals surface area contributed by atoms with E-state index in [1.807, 2.05) is 0 Å². The van der Waals surface area contributed by atoms with E-state index in [9.17, 15) is 23.1 Å². The maximum Gasteiger partial charge on any atom is 0.416 e. The molecular formula is C12H13F3O5. The molecule has 112 valence electrons. The molecule has 8 heteroatoms. The van der Waals surface area contributed by atoms with E-state index in [1.165, 1.54) is 12.1 Å². The fourth-order valence-electron chi connectivity index (χ4n) is 1.47. The van der Waals surface area contributed by atoms with Gasteiger partial charge in [-0.05, 0) is 17.7 Å². The highest BCUT2D eigenvalue weighted by atomic mass is 19.4. The molecule has 2 unspecified atom stereocenters. The second-order valence-electron chi connectivity index (χ2n) is 4.02. The first kappa shape index (κ1) is 16.4. The first-order valence-electron chi connectivity index (χ1n) is 5.55. The molecule has 0 radical (unpaired) electrons. The van der Waals surface area contributed by atoms with Gasteiger partial charge in [0.1, 0.15) is 6.10 Å². The number of benzene rings is 1. The van der Waals surface area contributed by atoms with Crippen molar-refractivity contribution in [3.63, 3.8) is 0 Å². The first-order valence-corrected chi connectivity index (χ1v) is 5.55. The van der Waals surface area contributed by atoms with Crippen LogP contribution in [0.1, 0.15) is 11.1 Å². The summed E-state index contributed by atoms with van der Waals surface area (Å²) in [5.41, 5.74) is -0.774. The fourth-order valence-corrected chi connectivity index (χ4v) is 1.47. The zero-order valence-electron chi connectivity index (χ0n) is 10.2. The van der Waals surface area contributed by atoms with Gasteiger partial charge >= 0.3 is 12.1 Å². The Bertz CT molecular complexity index is 461. The van der Waals surface area contributed by atoms with E-state index >= 15 is 0 Å². The summed E-state index contributed by atoms with van der Waals surface area (Å²) in [6.45, 7) is -1.27. The van der Waals surface area contributed by atoms with Gasteiger partial charge in [0, 0.05) is 0 Å². The van der Waals surface area contributed by atoms with Crippen LogP contribution in [0.4, 0.5) is 13.2 Å². The number of rotatable bonds is 6. The van der Waals surface area contributed by atoms with Crippen molar-refractivity contribution in [1.29, 1.82) is 0 Å². The minimum Gasteiger partial charge on any atom is -0.479 e. The van der Waals surface area contributed by atoms with Crippen LogP contribution in [-0.2, 0) is 22.3 Å². The van der Waals surface area contributed by atoms with E-state index in [-0.39, 0.29) is 5.56 Å². The monoisotopic (exact) mass is 294 g/mol. The highest BCUT2D eigenvalue weighted by Crippen LogP contribution is 2.29. The number of carboxylic acid groups (broad SMARTS) is 1. The molecule has 0 spiro atoms. The second-order valence-corrected chi connectivity index (χ2v) is 4.02. The van der Waals surface area contributed by atoms with Gasteiger partial charge in [-0.25, -0.2) is 4.79 Å². The third-order valence-corrected chi connectivity index (χ3v) is 2.46. The number of halogens is 3. The normalized spacial score (nSPS) is 14.8. The van der Waals surface area contributed by atoms with Crippen LogP contribution in [0.25, 0.3) is 0 Å². The van der Waals surface area contributed by atoms with Crippen LogP contribution < -0.4 is 0 Å². The number of carboxylic acids is 1. The molecule has 0 amide bonds. The van der Waals surface area contributed by atoms with Crippen molar-refractivity contribution >= 4 is 5.97 Å². The number of alkyl halides is 3. The molecule has 3 N–H and O–H groups in total. The molecule has 0 saturated heterocycles. The predicted octanol–water partition coefficient (Wildman–Crippen LogP) is 1.03. The van der Waals surface area contributed by atoms with Gasteiger partial charge in [-0.1, -0.05) is 12.1 Å². The Morgan fingerprint density at radius 1 is 1.35 bits per heavy atom.